The third-order valence-electron chi connectivity index (χ3n) is 3.79. The Morgan fingerprint density at radius 2 is 2.25 bits per heavy atom. The van der Waals surface area contributed by atoms with E-state index in [1.807, 2.05) is 11.5 Å². The van der Waals surface area contributed by atoms with E-state index in [9.17, 15) is 4.79 Å². The SMILES string of the molecule is CCn1c(SCC(=O)O)nnc1N1CCC(C(C)C)C1. The van der Waals surface area contributed by atoms with Crippen molar-refractivity contribution < 1.29 is 9.90 Å². The van der Waals surface area contributed by atoms with Gasteiger partial charge in [0.25, 0.3) is 0 Å². The van der Waals surface area contributed by atoms with Crippen LogP contribution in [0.4, 0.5) is 5.95 Å². The lowest BCUT2D eigenvalue weighted by Gasteiger charge is -2.19. The fourth-order valence-corrected chi connectivity index (χ4v) is 3.26. The van der Waals surface area contributed by atoms with E-state index in [0.717, 1.165) is 25.6 Å². The van der Waals surface area contributed by atoms with Gasteiger partial charge in [0, 0.05) is 19.6 Å². The second-order valence-corrected chi connectivity index (χ2v) is 6.39. The van der Waals surface area contributed by atoms with Gasteiger partial charge < -0.3 is 10.0 Å². The number of aliphatic carboxylic acids is 1. The van der Waals surface area contributed by atoms with Crippen molar-refractivity contribution >= 4 is 23.7 Å². The fraction of sp³-hybridized carbons (Fsp3) is 0.769. The molecule has 7 heteroatoms. The maximum Gasteiger partial charge on any atom is 0.313 e. The lowest BCUT2D eigenvalue weighted by atomic mass is 9.95. The first kappa shape index (κ1) is 15.2. The summed E-state index contributed by atoms with van der Waals surface area (Å²) in [5.74, 6) is 1.45. The molecule has 0 aliphatic carbocycles. The molecular formula is C13H22N4O2S. The van der Waals surface area contributed by atoms with Crippen LogP contribution < -0.4 is 4.90 Å². The molecule has 1 aliphatic heterocycles. The largest absolute Gasteiger partial charge is 0.481 e. The lowest BCUT2D eigenvalue weighted by Crippen LogP contribution is -2.24. The Kier molecular flexibility index (Phi) is 4.91. The molecule has 1 fully saturated rings. The number of thioether (sulfide) groups is 1. The summed E-state index contributed by atoms with van der Waals surface area (Å²) in [5.41, 5.74) is 0. The third kappa shape index (κ3) is 3.26. The first-order chi connectivity index (χ1) is 9.52. The number of nitrogens with zero attached hydrogens (tertiary/aromatic N) is 4. The average molecular weight is 298 g/mol. The van der Waals surface area contributed by atoms with Crippen molar-refractivity contribution in [3.05, 3.63) is 0 Å². The van der Waals surface area contributed by atoms with Gasteiger partial charge >= 0.3 is 5.97 Å². The molecule has 2 heterocycles. The van der Waals surface area contributed by atoms with Gasteiger partial charge in [0.15, 0.2) is 5.16 Å². The molecule has 112 valence electrons. The van der Waals surface area contributed by atoms with E-state index >= 15 is 0 Å². The van der Waals surface area contributed by atoms with Crippen molar-refractivity contribution in [1.29, 1.82) is 0 Å². The summed E-state index contributed by atoms with van der Waals surface area (Å²) >= 11 is 1.23. The predicted molar refractivity (Wildman–Crippen MR) is 79.2 cm³/mol. The average Bonchev–Trinajstić information content (AvgIpc) is 3.02. The number of carboxylic acids is 1. The highest BCUT2D eigenvalue weighted by Crippen LogP contribution is 2.29. The van der Waals surface area contributed by atoms with Crippen molar-refractivity contribution in [2.75, 3.05) is 23.7 Å². The molecule has 1 atom stereocenters. The number of hydrogen-bond donors (Lipinski definition) is 1. The molecule has 1 saturated heterocycles. The zero-order chi connectivity index (χ0) is 14.7. The zero-order valence-electron chi connectivity index (χ0n) is 12.2. The minimum Gasteiger partial charge on any atom is -0.481 e. The molecule has 1 N–H and O–H groups in total. The van der Waals surface area contributed by atoms with Gasteiger partial charge in [0.05, 0.1) is 5.75 Å². The summed E-state index contributed by atoms with van der Waals surface area (Å²) < 4.78 is 2.01. The van der Waals surface area contributed by atoms with Crippen LogP contribution in [0.25, 0.3) is 0 Å². The van der Waals surface area contributed by atoms with Crippen LogP contribution in [-0.4, -0.2) is 44.7 Å². The monoisotopic (exact) mass is 298 g/mol. The number of carbonyl (C=O) groups is 1. The molecule has 0 spiro atoms. The van der Waals surface area contributed by atoms with Crippen molar-refractivity contribution in [2.45, 2.75) is 38.9 Å². The molecule has 1 unspecified atom stereocenters. The van der Waals surface area contributed by atoms with E-state index in [1.165, 1.54) is 18.2 Å². The third-order valence-corrected chi connectivity index (χ3v) is 4.74. The van der Waals surface area contributed by atoms with Crippen molar-refractivity contribution in [3.8, 4) is 0 Å². The van der Waals surface area contributed by atoms with Crippen LogP contribution in [0.5, 0.6) is 0 Å². The molecule has 20 heavy (non-hydrogen) atoms. The molecular weight excluding hydrogens is 276 g/mol. The van der Waals surface area contributed by atoms with E-state index < -0.39 is 5.97 Å². The maximum atomic E-state index is 10.7. The predicted octanol–water partition coefficient (Wildman–Crippen LogP) is 1.96. The van der Waals surface area contributed by atoms with Gasteiger partial charge in [-0.2, -0.15) is 0 Å². The van der Waals surface area contributed by atoms with Gasteiger partial charge in [0.2, 0.25) is 5.95 Å². The standard InChI is InChI=1S/C13H22N4O2S/c1-4-17-12(14-15-13(17)20-8-11(18)19)16-6-5-10(7-16)9(2)3/h9-10H,4-8H2,1-3H3,(H,18,19). The number of carboxylic acid groups (broad SMARTS) is 1. The molecule has 2 rings (SSSR count). The summed E-state index contributed by atoms with van der Waals surface area (Å²) in [4.78, 5) is 12.9. The number of hydrogen-bond acceptors (Lipinski definition) is 5. The van der Waals surface area contributed by atoms with Crippen LogP contribution in [0.2, 0.25) is 0 Å². The highest BCUT2D eigenvalue weighted by molar-refractivity contribution is 7.99. The molecule has 1 aliphatic rings. The summed E-state index contributed by atoms with van der Waals surface area (Å²) in [6.07, 6.45) is 1.19. The zero-order valence-corrected chi connectivity index (χ0v) is 13.1. The second-order valence-electron chi connectivity index (χ2n) is 5.45. The van der Waals surface area contributed by atoms with Crippen LogP contribution in [0.1, 0.15) is 27.2 Å². The fourth-order valence-electron chi connectivity index (χ4n) is 2.54. The molecule has 0 radical (unpaired) electrons. The van der Waals surface area contributed by atoms with Crippen molar-refractivity contribution in [3.63, 3.8) is 0 Å². The Labute approximate surface area is 123 Å². The molecule has 0 amide bonds. The van der Waals surface area contributed by atoms with Gasteiger partial charge in [-0.05, 0) is 25.2 Å². The maximum absolute atomic E-state index is 10.7. The molecule has 1 aromatic rings. The van der Waals surface area contributed by atoms with E-state index in [0.29, 0.717) is 17.0 Å². The quantitative estimate of drug-likeness (QED) is 0.810. The highest BCUT2D eigenvalue weighted by Gasteiger charge is 2.28. The van der Waals surface area contributed by atoms with Crippen LogP contribution in [0.15, 0.2) is 5.16 Å². The molecule has 0 saturated carbocycles. The molecule has 6 nitrogen and oxygen atoms in total. The van der Waals surface area contributed by atoms with Gasteiger partial charge in [-0.15, -0.1) is 10.2 Å². The summed E-state index contributed by atoms with van der Waals surface area (Å²) in [6, 6.07) is 0. The Balaban J connectivity index is 2.10. The summed E-state index contributed by atoms with van der Waals surface area (Å²) in [7, 11) is 0. The van der Waals surface area contributed by atoms with E-state index in [1.54, 1.807) is 0 Å². The Bertz CT molecular complexity index is 475. The smallest absolute Gasteiger partial charge is 0.313 e. The molecule has 0 aromatic carbocycles. The van der Waals surface area contributed by atoms with E-state index in [4.69, 9.17) is 5.11 Å². The van der Waals surface area contributed by atoms with E-state index in [-0.39, 0.29) is 5.75 Å². The minimum atomic E-state index is -0.830. The van der Waals surface area contributed by atoms with Crippen LogP contribution in [0.3, 0.4) is 0 Å². The van der Waals surface area contributed by atoms with Crippen LogP contribution in [0, 0.1) is 11.8 Å². The first-order valence-electron chi connectivity index (χ1n) is 7.05. The van der Waals surface area contributed by atoms with Gasteiger partial charge in [0.1, 0.15) is 0 Å². The number of rotatable bonds is 6. The summed E-state index contributed by atoms with van der Waals surface area (Å²) in [6.45, 7) is 9.32. The lowest BCUT2D eigenvalue weighted by molar-refractivity contribution is -0.133. The summed E-state index contributed by atoms with van der Waals surface area (Å²) in [5, 5.41) is 17.9. The minimum absolute atomic E-state index is 0.0206. The van der Waals surface area contributed by atoms with E-state index in [2.05, 4.69) is 28.9 Å². The van der Waals surface area contributed by atoms with Gasteiger partial charge in [-0.1, -0.05) is 25.6 Å². The molecule has 0 bridgehead atoms. The highest BCUT2D eigenvalue weighted by atomic mass is 32.2. The number of anilines is 1. The van der Waals surface area contributed by atoms with Gasteiger partial charge in [-0.3, -0.25) is 9.36 Å². The van der Waals surface area contributed by atoms with Gasteiger partial charge in [-0.25, -0.2) is 0 Å². The second kappa shape index (κ2) is 6.47. The van der Waals surface area contributed by atoms with Crippen molar-refractivity contribution in [2.24, 2.45) is 11.8 Å². The first-order valence-corrected chi connectivity index (χ1v) is 8.04. The Hall–Kier alpha value is -1.24. The Morgan fingerprint density at radius 3 is 2.80 bits per heavy atom. The topological polar surface area (TPSA) is 71.2 Å². The van der Waals surface area contributed by atoms with Crippen molar-refractivity contribution in [1.82, 2.24) is 14.8 Å². The number of aromatic nitrogens is 3. The van der Waals surface area contributed by atoms with Crippen LogP contribution >= 0.6 is 11.8 Å². The Morgan fingerprint density at radius 1 is 1.50 bits per heavy atom. The van der Waals surface area contributed by atoms with Crippen LogP contribution in [-0.2, 0) is 11.3 Å². The molecule has 1 aromatic heterocycles. The normalized spacial score (nSPS) is 19.0.